The van der Waals surface area contributed by atoms with E-state index in [1.54, 1.807) is 4.90 Å². The maximum Gasteiger partial charge on any atom is 0.245 e. The fourth-order valence-electron chi connectivity index (χ4n) is 6.12. The van der Waals surface area contributed by atoms with Crippen molar-refractivity contribution >= 4 is 17.7 Å². The van der Waals surface area contributed by atoms with E-state index >= 15 is 0 Å². The summed E-state index contributed by atoms with van der Waals surface area (Å²) in [6.07, 6.45) is 4.35. The molecule has 3 aliphatic heterocycles. The first kappa shape index (κ1) is 25.0. The largest absolute Gasteiger partial charge is 0.394 e. The molecular weight excluding hydrogens is 410 g/mol. The van der Waals surface area contributed by atoms with E-state index < -0.39 is 35.1 Å². The van der Waals surface area contributed by atoms with E-state index in [1.807, 2.05) is 27.7 Å². The van der Waals surface area contributed by atoms with Gasteiger partial charge in [-0.15, -0.1) is 0 Å². The molecule has 0 aromatic carbocycles. The summed E-state index contributed by atoms with van der Waals surface area (Å²) in [5.74, 6) is -1.76. The smallest absolute Gasteiger partial charge is 0.245 e. The molecule has 3 heterocycles. The Morgan fingerprint density at radius 2 is 1.84 bits per heavy atom. The van der Waals surface area contributed by atoms with Crippen molar-refractivity contribution in [3.8, 4) is 0 Å². The Bertz CT molecular complexity index is 728. The third-order valence-corrected chi connectivity index (χ3v) is 7.47. The molecule has 3 fully saturated rings. The van der Waals surface area contributed by atoms with Crippen LogP contribution in [0.2, 0.25) is 0 Å². The van der Waals surface area contributed by atoms with Crippen LogP contribution >= 0.6 is 0 Å². The number of rotatable bonds is 11. The molecule has 8 nitrogen and oxygen atoms in total. The standard InChI is InChI=1S/C24H41N3O5/c1-6-8-12-26-21(30)19-24-10-9-23(5,32-24)17(20(29)25-11-7-2)18(24)22(31)27(19)16(14-28)13-15(3)4/h15-19,28H,6-14H2,1-5H3,(H,25,29)(H,26,30)/t16-,17+,18+,19?,23-,24?/m1/s1. The van der Waals surface area contributed by atoms with Crippen LogP contribution in [0, 0.1) is 17.8 Å². The summed E-state index contributed by atoms with van der Waals surface area (Å²) in [7, 11) is 0. The molecule has 3 amide bonds. The molecule has 1 spiro atoms. The summed E-state index contributed by atoms with van der Waals surface area (Å²) >= 11 is 0. The van der Waals surface area contributed by atoms with Crippen molar-refractivity contribution in [2.24, 2.45) is 17.8 Å². The molecule has 2 bridgehead atoms. The van der Waals surface area contributed by atoms with E-state index in [4.69, 9.17) is 4.74 Å². The highest BCUT2D eigenvalue weighted by molar-refractivity contribution is 5.99. The third kappa shape index (κ3) is 4.04. The minimum atomic E-state index is -1.03. The molecule has 3 saturated heterocycles. The van der Waals surface area contributed by atoms with Crippen molar-refractivity contribution < 1.29 is 24.2 Å². The minimum Gasteiger partial charge on any atom is -0.394 e. The first-order valence-electron chi connectivity index (χ1n) is 12.4. The Morgan fingerprint density at radius 1 is 1.16 bits per heavy atom. The Morgan fingerprint density at radius 3 is 2.44 bits per heavy atom. The highest BCUT2D eigenvalue weighted by Crippen LogP contribution is 2.63. The third-order valence-electron chi connectivity index (χ3n) is 7.47. The highest BCUT2D eigenvalue weighted by Gasteiger charge is 2.78. The molecule has 0 aromatic rings. The van der Waals surface area contributed by atoms with Crippen LogP contribution in [0.25, 0.3) is 0 Å². The quantitative estimate of drug-likeness (QED) is 0.414. The molecule has 182 valence electrons. The molecule has 6 atom stereocenters. The second kappa shape index (κ2) is 9.67. The molecule has 3 aliphatic rings. The molecule has 2 unspecified atom stereocenters. The Hall–Kier alpha value is -1.67. The van der Waals surface area contributed by atoms with Crippen LogP contribution in [-0.4, -0.2) is 70.7 Å². The van der Waals surface area contributed by atoms with Gasteiger partial charge < -0.3 is 25.4 Å². The highest BCUT2D eigenvalue weighted by atomic mass is 16.5. The van der Waals surface area contributed by atoms with Crippen LogP contribution in [0.4, 0.5) is 0 Å². The zero-order valence-corrected chi connectivity index (χ0v) is 20.3. The average Bonchev–Trinajstić information content (AvgIpc) is 3.31. The van der Waals surface area contributed by atoms with Crippen molar-refractivity contribution in [2.75, 3.05) is 19.7 Å². The maximum atomic E-state index is 13.9. The van der Waals surface area contributed by atoms with Gasteiger partial charge in [-0.05, 0) is 44.9 Å². The van der Waals surface area contributed by atoms with Crippen LogP contribution in [0.5, 0.6) is 0 Å². The molecule has 3 rings (SSSR count). The van der Waals surface area contributed by atoms with Gasteiger partial charge in [0.05, 0.1) is 30.1 Å². The van der Waals surface area contributed by atoms with Crippen molar-refractivity contribution in [3.63, 3.8) is 0 Å². The lowest BCUT2D eigenvalue weighted by Gasteiger charge is -2.37. The van der Waals surface area contributed by atoms with Crippen molar-refractivity contribution in [1.29, 1.82) is 0 Å². The monoisotopic (exact) mass is 451 g/mol. The van der Waals surface area contributed by atoms with Crippen molar-refractivity contribution in [3.05, 3.63) is 0 Å². The van der Waals surface area contributed by atoms with Crippen LogP contribution in [0.15, 0.2) is 0 Å². The van der Waals surface area contributed by atoms with E-state index in [9.17, 15) is 19.5 Å². The Kier molecular flexibility index (Phi) is 7.55. The first-order chi connectivity index (χ1) is 15.2. The van der Waals surface area contributed by atoms with E-state index in [2.05, 4.69) is 17.6 Å². The number of carbonyl (C=O) groups excluding carboxylic acids is 3. The van der Waals surface area contributed by atoms with Crippen LogP contribution in [0.3, 0.4) is 0 Å². The number of hydrogen-bond acceptors (Lipinski definition) is 5. The van der Waals surface area contributed by atoms with Gasteiger partial charge in [0.1, 0.15) is 11.6 Å². The van der Waals surface area contributed by atoms with Gasteiger partial charge in [-0.2, -0.15) is 0 Å². The first-order valence-corrected chi connectivity index (χ1v) is 12.4. The van der Waals surface area contributed by atoms with Crippen LogP contribution in [-0.2, 0) is 19.1 Å². The maximum absolute atomic E-state index is 13.9. The second-order valence-corrected chi connectivity index (χ2v) is 10.4. The van der Waals surface area contributed by atoms with Crippen molar-refractivity contribution in [1.82, 2.24) is 15.5 Å². The summed E-state index contributed by atoms with van der Waals surface area (Å²) in [5.41, 5.74) is -1.79. The number of nitrogens with one attached hydrogen (secondary N) is 2. The van der Waals surface area contributed by atoms with E-state index in [0.717, 1.165) is 19.3 Å². The number of aliphatic hydroxyl groups excluding tert-OH is 1. The number of likely N-dealkylation sites (tertiary alicyclic amines) is 1. The number of nitrogens with zero attached hydrogens (tertiary/aromatic N) is 1. The predicted octanol–water partition coefficient (Wildman–Crippen LogP) is 1.60. The van der Waals surface area contributed by atoms with E-state index in [0.29, 0.717) is 32.4 Å². The Labute approximate surface area is 191 Å². The topological polar surface area (TPSA) is 108 Å². The molecule has 3 N–H and O–H groups in total. The fourth-order valence-corrected chi connectivity index (χ4v) is 6.12. The van der Waals surface area contributed by atoms with Gasteiger partial charge in [-0.3, -0.25) is 14.4 Å². The average molecular weight is 452 g/mol. The lowest BCUT2D eigenvalue weighted by atomic mass is 9.66. The molecule has 8 heteroatoms. The number of amides is 3. The zero-order chi connectivity index (χ0) is 23.7. The van der Waals surface area contributed by atoms with E-state index in [1.165, 1.54) is 0 Å². The lowest BCUT2D eigenvalue weighted by molar-refractivity contribution is -0.150. The normalized spacial score (nSPS) is 34.2. The Balaban J connectivity index is 2.01. The van der Waals surface area contributed by atoms with Gasteiger partial charge in [0.25, 0.3) is 0 Å². The van der Waals surface area contributed by atoms with Gasteiger partial charge >= 0.3 is 0 Å². The molecule has 0 radical (unpaired) electrons. The second-order valence-electron chi connectivity index (χ2n) is 10.4. The van der Waals surface area contributed by atoms with E-state index in [-0.39, 0.29) is 30.2 Å². The summed E-state index contributed by atoms with van der Waals surface area (Å²) in [6, 6.07) is -1.32. The number of carbonyl (C=O) groups is 3. The van der Waals surface area contributed by atoms with Gasteiger partial charge in [0, 0.05) is 13.1 Å². The van der Waals surface area contributed by atoms with Gasteiger partial charge in [0.2, 0.25) is 17.7 Å². The molecular formula is C24H41N3O5. The fraction of sp³-hybridized carbons (Fsp3) is 0.875. The molecule has 0 aliphatic carbocycles. The number of hydrogen-bond donors (Lipinski definition) is 3. The summed E-state index contributed by atoms with van der Waals surface area (Å²) < 4.78 is 6.56. The lowest BCUT2D eigenvalue weighted by Crippen LogP contribution is -2.58. The van der Waals surface area contributed by atoms with Crippen LogP contribution in [0.1, 0.15) is 73.1 Å². The molecule has 0 aromatic heterocycles. The number of unbranched alkanes of at least 4 members (excludes halogenated alkanes) is 1. The van der Waals surface area contributed by atoms with Gasteiger partial charge in [-0.25, -0.2) is 0 Å². The summed E-state index contributed by atoms with van der Waals surface area (Å²) in [4.78, 5) is 42.1. The molecule has 32 heavy (non-hydrogen) atoms. The van der Waals surface area contributed by atoms with Gasteiger partial charge in [-0.1, -0.05) is 34.1 Å². The number of ether oxygens (including phenoxy) is 1. The summed E-state index contributed by atoms with van der Waals surface area (Å²) in [5, 5.41) is 16.1. The zero-order valence-electron chi connectivity index (χ0n) is 20.3. The molecule has 0 saturated carbocycles. The van der Waals surface area contributed by atoms with Crippen LogP contribution < -0.4 is 10.6 Å². The van der Waals surface area contributed by atoms with Gasteiger partial charge in [0.15, 0.2) is 0 Å². The summed E-state index contributed by atoms with van der Waals surface area (Å²) in [6.45, 7) is 10.8. The SMILES string of the molecule is CCCCNC(=O)C1N([C@@H](CO)CC(C)C)C(=O)[C@@H]2[C@@H](C(=O)NCCC)[C@@]3(C)CCC12O3. The predicted molar refractivity (Wildman–Crippen MR) is 121 cm³/mol. The number of fused-ring (bicyclic) bond motifs is 1. The minimum absolute atomic E-state index is 0.175. The number of aliphatic hydroxyl groups is 1. The van der Waals surface area contributed by atoms with Crippen molar-refractivity contribution in [2.45, 2.75) is 96.4 Å².